The maximum atomic E-state index is 11.9. The Bertz CT molecular complexity index is 808. The molecule has 2 aromatic heterocycles. The van der Waals surface area contributed by atoms with Crippen molar-refractivity contribution in [2.75, 3.05) is 0 Å². The molecule has 6 nitrogen and oxygen atoms in total. The van der Waals surface area contributed by atoms with E-state index in [0.29, 0.717) is 16.9 Å². The third-order valence-corrected chi connectivity index (χ3v) is 3.33. The zero-order chi connectivity index (χ0) is 16.1. The van der Waals surface area contributed by atoms with Gasteiger partial charge in [-0.1, -0.05) is 30.3 Å². The molecule has 0 bridgehead atoms. The zero-order valence-electron chi connectivity index (χ0n) is 12.6. The van der Waals surface area contributed by atoms with Crippen molar-refractivity contribution in [3.8, 4) is 0 Å². The molecule has 116 valence electrons. The van der Waals surface area contributed by atoms with Crippen LogP contribution in [0.4, 0.5) is 4.79 Å². The van der Waals surface area contributed by atoms with Gasteiger partial charge in [0.2, 0.25) is 0 Å². The minimum absolute atomic E-state index is 0.229. The fourth-order valence-electron chi connectivity index (χ4n) is 2.09. The van der Waals surface area contributed by atoms with Gasteiger partial charge < -0.3 is 10.1 Å². The van der Waals surface area contributed by atoms with E-state index in [1.165, 1.54) is 0 Å². The molecule has 0 aliphatic heterocycles. The van der Waals surface area contributed by atoms with E-state index in [1.807, 2.05) is 43.3 Å². The summed E-state index contributed by atoms with van der Waals surface area (Å²) in [6, 6.07) is 12.8. The number of carbonyl (C=O) groups is 1. The summed E-state index contributed by atoms with van der Waals surface area (Å²) in [5.41, 5.74) is 2.86. The van der Waals surface area contributed by atoms with Crippen LogP contribution in [-0.2, 0) is 11.3 Å². The van der Waals surface area contributed by atoms with Crippen LogP contribution in [0.2, 0.25) is 0 Å². The average Bonchev–Trinajstić information content (AvgIpc) is 2.60. The second-order valence-corrected chi connectivity index (χ2v) is 5.07. The number of fused-ring (bicyclic) bond motifs is 1. The highest BCUT2D eigenvalue weighted by Gasteiger charge is 2.13. The van der Waals surface area contributed by atoms with Crippen molar-refractivity contribution in [3.05, 3.63) is 66.1 Å². The highest BCUT2D eigenvalue weighted by molar-refractivity contribution is 5.70. The van der Waals surface area contributed by atoms with Crippen LogP contribution in [0.5, 0.6) is 0 Å². The van der Waals surface area contributed by atoms with Gasteiger partial charge in [0.1, 0.15) is 12.1 Å². The summed E-state index contributed by atoms with van der Waals surface area (Å²) in [7, 11) is 0. The van der Waals surface area contributed by atoms with Crippen molar-refractivity contribution >= 4 is 17.3 Å². The Labute approximate surface area is 133 Å². The van der Waals surface area contributed by atoms with Gasteiger partial charge in [-0.2, -0.15) is 0 Å². The van der Waals surface area contributed by atoms with Crippen LogP contribution in [0, 0.1) is 0 Å². The summed E-state index contributed by atoms with van der Waals surface area (Å²) in [5, 5.41) is 2.75. The fourth-order valence-corrected chi connectivity index (χ4v) is 2.09. The van der Waals surface area contributed by atoms with Crippen LogP contribution >= 0.6 is 0 Å². The molecular formula is C17H16N4O2. The second-order valence-electron chi connectivity index (χ2n) is 5.07. The first kappa shape index (κ1) is 14.9. The van der Waals surface area contributed by atoms with Crippen molar-refractivity contribution in [3.63, 3.8) is 0 Å². The number of hydrogen-bond donors (Lipinski definition) is 1. The molecule has 0 saturated heterocycles. The Balaban J connectivity index is 1.61. The predicted molar refractivity (Wildman–Crippen MR) is 85.5 cm³/mol. The van der Waals surface area contributed by atoms with E-state index in [4.69, 9.17) is 4.74 Å². The summed E-state index contributed by atoms with van der Waals surface area (Å²) in [6.45, 7) is 2.06. The van der Waals surface area contributed by atoms with Gasteiger partial charge in [-0.3, -0.25) is 0 Å². The van der Waals surface area contributed by atoms with Gasteiger partial charge >= 0.3 is 6.09 Å². The highest BCUT2D eigenvalue weighted by atomic mass is 16.5. The number of rotatable bonds is 4. The lowest BCUT2D eigenvalue weighted by molar-refractivity contribution is 0.136. The number of nitrogens with one attached hydrogen (secondary N) is 1. The van der Waals surface area contributed by atoms with Gasteiger partial charge in [-0.05, 0) is 24.6 Å². The molecular weight excluding hydrogens is 292 g/mol. The van der Waals surface area contributed by atoms with Crippen molar-refractivity contribution in [2.45, 2.75) is 19.6 Å². The molecule has 1 atom stereocenters. The van der Waals surface area contributed by atoms with Crippen LogP contribution in [0.15, 0.2) is 54.9 Å². The first-order valence-corrected chi connectivity index (χ1v) is 7.27. The Morgan fingerprint density at radius 2 is 2.00 bits per heavy atom. The van der Waals surface area contributed by atoms with E-state index in [1.54, 1.807) is 18.5 Å². The molecule has 3 rings (SSSR count). The molecule has 0 fully saturated rings. The number of nitrogens with zero attached hydrogens (tertiary/aromatic N) is 3. The standard InChI is InChI=1S/C17H16N4O2/c1-12(15-10-19-16-14(21-15)8-5-9-18-16)20-17(22)23-11-13-6-3-2-4-7-13/h2-10,12H,11H2,1H3,(H,20,22)/t12-/m0/s1. The van der Waals surface area contributed by atoms with E-state index in [0.717, 1.165) is 5.56 Å². The maximum absolute atomic E-state index is 11.9. The normalized spacial score (nSPS) is 11.9. The Hall–Kier alpha value is -3.02. The van der Waals surface area contributed by atoms with Crippen LogP contribution in [0.25, 0.3) is 11.2 Å². The van der Waals surface area contributed by atoms with Crippen LogP contribution < -0.4 is 5.32 Å². The number of ether oxygens (including phenoxy) is 1. The van der Waals surface area contributed by atoms with Gasteiger partial charge in [-0.25, -0.2) is 19.7 Å². The number of hydrogen-bond acceptors (Lipinski definition) is 5. The minimum atomic E-state index is -0.491. The van der Waals surface area contributed by atoms with Crippen LogP contribution in [0.1, 0.15) is 24.2 Å². The monoisotopic (exact) mass is 308 g/mol. The third-order valence-electron chi connectivity index (χ3n) is 3.33. The first-order chi connectivity index (χ1) is 11.2. The number of alkyl carbamates (subject to hydrolysis) is 1. The molecule has 23 heavy (non-hydrogen) atoms. The molecule has 0 aliphatic carbocycles. The number of aromatic nitrogens is 3. The Morgan fingerprint density at radius 3 is 2.83 bits per heavy atom. The highest BCUT2D eigenvalue weighted by Crippen LogP contribution is 2.12. The second kappa shape index (κ2) is 6.83. The van der Waals surface area contributed by atoms with Gasteiger partial charge in [0.05, 0.1) is 17.9 Å². The number of pyridine rings is 1. The summed E-state index contributed by atoms with van der Waals surface area (Å²) < 4.78 is 5.20. The molecule has 0 saturated carbocycles. The molecule has 0 aliphatic rings. The van der Waals surface area contributed by atoms with Crippen LogP contribution in [0.3, 0.4) is 0 Å². The fraction of sp³-hybridized carbons (Fsp3) is 0.176. The van der Waals surface area contributed by atoms with Gasteiger partial charge in [0, 0.05) is 6.20 Å². The molecule has 0 radical (unpaired) electrons. The van der Waals surface area contributed by atoms with Gasteiger partial charge in [-0.15, -0.1) is 0 Å². The molecule has 1 N–H and O–H groups in total. The Morgan fingerprint density at radius 1 is 1.17 bits per heavy atom. The largest absolute Gasteiger partial charge is 0.445 e. The van der Waals surface area contributed by atoms with E-state index in [2.05, 4.69) is 20.3 Å². The molecule has 1 aromatic carbocycles. The molecule has 0 spiro atoms. The quantitative estimate of drug-likeness (QED) is 0.801. The van der Waals surface area contributed by atoms with E-state index >= 15 is 0 Å². The van der Waals surface area contributed by atoms with Crippen molar-refractivity contribution < 1.29 is 9.53 Å². The van der Waals surface area contributed by atoms with Crippen LogP contribution in [-0.4, -0.2) is 21.0 Å². The molecule has 6 heteroatoms. The third kappa shape index (κ3) is 3.79. The maximum Gasteiger partial charge on any atom is 0.407 e. The SMILES string of the molecule is C[C@H](NC(=O)OCc1ccccc1)c1cnc2ncccc2n1. The van der Waals surface area contributed by atoms with Crippen molar-refractivity contribution in [1.29, 1.82) is 0 Å². The van der Waals surface area contributed by atoms with E-state index in [9.17, 15) is 4.79 Å². The smallest absolute Gasteiger partial charge is 0.407 e. The van der Waals surface area contributed by atoms with E-state index < -0.39 is 6.09 Å². The lowest BCUT2D eigenvalue weighted by Gasteiger charge is -2.13. The summed E-state index contributed by atoms with van der Waals surface area (Å²) in [6.07, 6.45) is 2.78. The Kier molecular flexibility index (Phi) is 4.42. The summed E-state index contributed by atoms with van der Waals surface area (Å²) in [5.74, 6) is 0. The molecule has 1 amide bonds. The molecule has 0 unspecified atom stereocenters. The summed E-state index contributed by atoms with van der Waals surface area (Å²) in [4.78, 5) is 24.7. The number of amides is 1. The topological polar surface area (TPSA) is 77.0 Å². The van der Waals surface area contributed by atoms with E-state index in [-0.39, 0.29) is 12.6 Å². The van der Waals surface area contributed by atoms with Crippen molar-refractivity contribution in [1.82, 2.24) is 20.3 Å². The minimum Gasteiger partial charge on any atom is -0.445 e. The lowest BCUT2D eigenvalue weighted by Crippen LogP contribution is -2.28. The number of carbonyl (C=O) groups excluding carboxylic acids is 1. The molecule has 2 heterocycles. The average molecular weight is 308 g/mol. The molecule has 3 aromatic rings. The zero-order valence-corrected chi connectivity index (χ0v) is 12.6. The van der Waals surface area contributed by atoms with Gasteiger partial charge in [0.15, 0.2) is 5.65 Å². The number of benzene rings is 1. The van der Waals surface area contributed by atoms with Crippen molar-refractivity contribution in [2.24, 2.45) is 0 Å². The van der Waals surface area contributed by atoms with Gasteiger partial charge in [0.25, 0.3) is 0 Å². The predicted octanol–water partition coefficient (Wildman–Crippen LogP) is 3.01. The first-order valence-electron chi connectivity index (χ1n) is 7.27. The summed E-state index contributed by atoms with van der Waals surface area (Å²) >= 11 is 0. The lowest BCUT2D eigenvalue weighted by atomic mass is 10.2.